The van der Waals surface area contributed by atoms with Gasteiger partial charge >= 0.3 is 5.97 Å². The minimum atomic E-state index is -0.669. The number of aliphatic imine (C=N–C) groups is 1. The topological polar surface area (TPSA) is 57.1 Å². The zero-order valence-electron chi connectivity index (χ0n) is 17.5. The molecule has 168 valence electrons. The summed E-state index contributed by atoms with van der Waals surface area (Å²) in [5.41, 5.74) is 1.61. The molecule has 8 heteroatoms. The molecule has 0 saturated carbocycles. The van der Waals surface area contributed by atoms with E-state index in [2.05, 4.69) is 27.6 Å². The minimum absolute atomic E-state index is 0.0477. The van der Waals surface area contributed by atoms with E-state index in [-0.39, 0.29) is 29.6 Å². The molecule has 0 saturated heterocycles. The van der Waals surface area contributed by atoms with Crippen molar-refractivity contribution < 1.29 is 27.8 Å². The maximum atomic E-state index is 14.0. The fourth-order valence-corrected chi connectivity index (χ4v) is 3.91. The number of ether oxygens (including phenoxy) is 3. The van der Waals surface area contributed by atoms with E-state index in [1.165, 1.54) is 24.3 Å². The summed E-state index contributed by atoms with van der Waals surface area (Å²) in [6.07, 6.45) is 1.55. The van der Waals surface area contributed by atoms with Crippen LogP contribution in [0, 0.1) is 15.2 Å². The van der Waals surface area contributed by atoms with Gasteiger partial charge in [-0.1, -0.05) is 24.3 Å². The largest absolute Gasteiger partial charge is 0.490 e. The zero-order valence-corrected chi connectivity index (χ0v) is 19.6. The summed E-state index contributed by atoms with van der Waals surface area (Å²) in [6.45, 7) is 2.49. The first-order valence-corrected chi connectivity index (χ1v) is 11.1. The first-order valence-electron chi connectivity index (χ1n) is 10.1. The van der Waals surface area contributed by atoms with E-state index in [0.717, 1.165) is 9.13 Å². The van der Waals surface area contributed by atoms with Crippen LogP contribution in [-0.2, 0) is 16.1 Å². The predicted octanol–water partition coefficient (Wildman–Crippen LogP) is 5.89. The Balaban J connectivity index is 1.61. The van der Waals surface area contributed by atoms with Crippen LogP contribution in [0.25, 0.3) is 6.08 Å². The van der Waals surface area contributed by atoms with E-state index in [4.69, 9.17) is 14.2 Å². The Bertz CT molecular complexity index is 1260. The lowest BCUT2D eigenvalue weighted by atomic mass is 10.1. The average Bonchev–Trinajstić information content (AvgIpc) is 3.15. The van der Waals surface area contributed by atoms with Crippen LogP contribution in [0.3, 0.4) is 0 Å². The minimum Gasteiger partial charge on any atom is -0.490 e. The molecular formula is C25H18F2INO4. The molecule has 0 N–H and O–H groups in total. The van der Waals surface area contributed by atoms with Gasteiger partial charge in [-0.3, -0.25) is 0 Å². The smallest absolute Gasteiger partial charge is 0.363 e. The molecule has 5 nitrogen and oxygen atoms in total. The van der Waals surface area contributed by atoms with Gasteiger partial charge in [-0.25, -0.2) is 18.6 Å². The van der Waals surface area contributed by atoms with E-state index in [1.807, 2.05) is 6.92 Å². The van der Waals surface area contributed by atoms with Gasteiger partial charge in [0.25, 0.3) is 0 Å². The maximum absolute atomic E-state index is 14.0. The maximum Gasteiger partial charge on any atom is 0.363 e. The molecule has 0 amide bonds. The average molecular weight is 561 g/mol. The lowest BCUT2D eigenvalue weighted by molar-refractivity contribution is -0.129. The van der Waals surface area contributed by atoms with Crippen molar-refractivity contribution in [2.75, 3.05) is 6.61 Å². The van der Waals surface area contributed by atoms with Crippen molar-refractivity contribution in [2.24, 2.45) is 4.99 Å². The van der Waals surface area contributed by atoms with Crippen LogP contribution in [0.4, 0.5) is 8.78 Å². The molecule has 0 aliphatic carbocycles. The van der Waals surface area contributed by atoms with E-state index >= 15 is 0 Å². The summed E-state index contributed by atoms with van der Waals surface area (Å²) >= 11 is 2.11. The Morgan fingerprint density at radius 3 is 2.55 bits per heavy atom. The van der Waals surface area contributed by atoms with Gasteiger partial charge in [0, 0.05) is 0 Å². The number of nitrogens with zero attached hydrogens (tertiary/aromatic N) is 1. The predicted molar refractivity (Wildman–Crippen MR) is 128 cm³/mol. The molecule has 0 spiro atoms. The van der Waals surface area contributed by atoms with Crippen molar-refractivity contribution in [3.05, 3.63) is 98.3 Å². The Kier molecular flexibility index (Phi) is 7.02. The molecule has 3 aromatic carbocycles. The zero-order chi connectivity index (χ0) is 23.4. The molecule has 1 aliphatic heterocycles. The van der Waals surface area contributed by atoms with Gasteiger partial charge in [0.1, 0.15) is 18.2 Å². The highest BCUT2D eigenvalue weighted by molar-refractivity contribution is 14.1. The number of benzene rings is 3. The third-order valence-electron chi connectivity index (χ3n) is 4.66. The second kappa shape index (κ2) is 10.1. The molecule has 0 radical (unpaired) electrons. The second-order valence-electron chi connectivity index (χ2n) is 6.99. The highest BCUT2D eigenvalue weighted by Crippen LogP contribution is 2.36. The van der Waals surface area contributed by atoms with E-state index in [9.17, 15) is 13.6 Å². The fraction of sp³-hybridized carbons (Fsp3) is 0.120. The third kappa shape index (κ3) is 5.39. The van der Waals surface area contributed by atoms with Gasteiger partial charge in [0.15, 0.2) is 17.2 Å². The lowest BCUT2D eigenvalue weighted by Gasteiger charge is -2.15. The molecule has 0 atom stereocenters. The first-order chi connectivity index (χ1) is 15.9. The Morgan fingerprint density at radius 2 is 1.82 bits per heavy atom. The number of carbonyl (C=O) groups excluding carboxylic acids is 1. The van der Waals surface area contributed by atoms with E-state index < -0.39 is 11.8 Å². The van der Waals surface area contributed by atoms with Gasteiger partial charge in [0.2, 0.25) is 5.90 Å². The monoisotopic (exact) mass is 561 g/mol. The van der Waals surface area contributed by atoms with Crippen LogP contribution in [0.2, 0.25) is 0 Å². The van der Waals surface area contributed by atoms with Crippen LogP contribution >= 0.6 is 22.6 Å². The summed E-state index contributed by atoms with van der Waals surface area (Å²) in [7, 11) is 0. The first kappa shape index (κ1) is 22.9. The number of esters is 1. The highest BCUT2D eigenvalue weighted by atomic mass is 127. The van der Waals surface area contributed by atoms with Crippen LogP contribution < -0.4 is 9.47 Å². The molecule has 1 heterocycles. The quantitative estimate of drug-likeness (QED) is 0.205. The number of halogens is 3. The molecule has 3 aromatic rings. The van der Waals surface area contributed by atoms with Crippen LogP contribution in [-0.4, -0.2) is 18.5 Å². The van der Waals surface area contributed by atoms with E-state index in [1.54, 1.807) is 42.5 Å². The normalized spacial score (nSPS) is 14.2. The lowest BCUT2D eigenvalue weighted by Crippen LogP contribution is -2.07. The summed E-state index contributed by atoms with van der Waals surface area (Å²) in [6, 6.07) is 15.5. The van der Waals surface area contributed by atoms with Crippen molar-refractivity contribution in [1.29, 1.82) is 0 Å². The molecule has 0 unspecified atom stereocenters. The highest BCUT2D eigenvalue weighted by Gasteiger charge is 2.26. The van der Waals surface area contributed by atoms with Crippen molar-refractivity contribution >= 4 is 40.5 Å². The van der Waals surface area contributed by atoms with E-state index in [0.29, 0.717) is 23.7 Å². The molecule has 0 fully saturated rings. The summed E-state index contributed by atoms with van der Waals surface area (Å²) < 4.78 is 44.8. The number of hydrogen-bond donors (Lipinski definition) is 0. The molecule has 1 aliphatic rings. The standard InChI is InChI=1S/C25H18F2INO4/c1-2-31-22-13-16(11-20(28)23(22)32-14-15-7-9-17(26)10-8-15)12-21-25(30)33-24(29-21)18-5-3-4-6-19(18)27/h3-13H,2,14H2,1H3/b21-12-. The van der Waals surface area contributed by atoms with Gasteiger partial charge in [0.05, 0.1) is 15.7 Å². The molecule has 4 rings (SSSR count). The SMILES string of the molecule is CCOc1cc(/C=C2\N=C(c3ccccc3F)OC2=O)cc(I)c1OCc1ccc(F)cc1. The number of hydrogen-bond acceptors (Lipinski definition) is 5. The van der Waals surface area contributed by atoms with Crippen molar-refractivity contribution in [2.45, 2.75) is 13.5 Å². The fourth-order valence-electron chi connectivity index (χ4n) is 3.13. The van der Waals surface area contributed by atoms with Crippen molar-refractivity contribution in [3.63, 3.8) is 0 Å². The van der Waals surface area contributed by atoms with Gasteiger partial charge in [-0.2, -0.15) is 0 Å². The summed E-state index contributed by atoms with van der Waals surface area (Å²) in [4.78, 5) is 16.5. The Morgan fingerprint density at radius 1 is 1.06 bits per heavy atom. The number of cyclic esters (lactones) is 1. The third-order valence-corrected chi connectivity index (χ3v) is 5.46. The van der Waals surface area contributed by atoms with Gasteiger partial charge in [-0.15, -0.1) is 0 Å². The Labute approximate surface area is 202 Å². The van der Waals surface area contributed by atoms with Crippen LogP contribution in [0.1, 0.15) is 23.6 Å². The van der Waals surface area contributed by atoms with Crippen LogP contribution in [0.15, 0.2) is 71.4 Å². The molecule has 0 bridgehead atoms. The number of rotatable bonds is 7. The van der Waals surface area contributed by atoms with Gasteiger partial charge in [-0.05, 0) is 83.1 Å². The summed E-state index contributed by atoms with van der Waals surface area (Å²) in [5, 5.41) is 0. The molecular weight excluding hydrogens is 543 g/mol. The number of carbonyl (C=O) groups is 1. The summed E-state index contributed by atoms with van der Waals surface area (Å²) in [5.74, 6) is -0.564. The van der Waals surface area contributed by atoms with Crippen molar-refractivity contribution in [3.8, 4) is 11.5 Å². The van der Waals surface area contributed by atoms with Crippen LogP contribution in [0.5, 0.6) is 11.5 Å². The molecule has 33 heavy (non-hydrogen) atoms. The van der Waals surface area contributed by atoms with Crippen molar-refractivity contribution in [1.82, 2.24) is 0 Å². The molecule has 0 aromatic heterocycles. The van der Waals surface area contributed by atoms with Gasteiger partial charge < -0.3 is 14.2 Å². The Hall–Kier alpha value is -3.27. The second-order valence-corrected chi connectivity index (χ2v) is 8.16.